The fraction of sp³-hybridized carbons (Fsp3) is 0.353. The monoisotopic (exact) mass is 287 g/mol. The van der Waals surface area contributed by atoms with E-state index in [4.69, 9.17) is 9.15 Å². The van der Waals surface area contributed by atoms with Gasteiger partial charge in [0.1, 0.15) is 11.4 Å². The van der Waals surface area contributed by atoms with Gasteiger partial charge in [0.2, 0.25) is 0 Å². The van der Waals surface area contributed by atoms with Crippen LogP contribution >= 0.6 is 0 Å². The summed E-state index contributed by atoms with van der Waals surface area (Å²) in [6, 6.07) is 11.2. The number of furan rings is 1. The maximum Gasteiger partial charge on any atom is 0.338 e. The summed E-state index contributed by atoms with van der Waals surface area (Å²) in [7, 11) is 0. The molecule has 0 radical (unpaired) electrons. The van der Waals surface area contributed by atoms with Crippen LogP contribution in [0.5, 0.6) is 0 Å². The number of benzene rings is 1. The normalized spacial score (nSPS) is 11.4. The molecule has 112 valence electrons. The fourth-order valence-corrected chi connectivity index (χ4v) is 1.84. The lowest BCUT2D eigenvalue weighted by Gasteiger charge is -2.19. The molecule has 0 spiro atoms. The Hall–Kier alpha value is -2.07. The molecule has 1 N–H and O–H groups in total. The highest BCUT2D eigenvalue weighted by atomic mass is 16.6. The maximum absolute atomic E-state index is 11.9. The van der Waals surface area contributed by atoms with Crippen molar-refractivity contribution >= 4 is 5.97 Å². The topological polar surface area (TPSA) is 51.5 Å². The third-order valence-corrected chi connectivity index (χ3v) is 2.80. The zero-order valence-electron chi connectivity index (χ0n) is 12.7. The van der Waals surface area contributed by atoms with E-state index in [2.05, 4.69) is 5.32 Å². The van der Waals surface area contributed by atoms with Crippen LogP contribution in [0.3, 0.4) is 0 Å². The van der Waals surface area contributed by atoms with E-state index in [9.17, 15) is 4.79 Å². The van der Waals surface area contributed by atoms with Crippen LogP contribution in [0.15, 0.2) is 47.1 Å². The number of ether oxygens (including phenoxy) is 1. The Morgan fingerprint density at radius 3 is 2.43 bits per heavy atom. The molecule has 0 bridgehead atoms. The van der Waals surface area contributed by atoms with Crippen LogP contribution in [0.2, 0.25) is 0 Å². The van der Waals surface area contributed by atoms with Gasteiger partial charge in [-0.3, -0.25) is 0 Å². The van der Waals surface area contributed by atoms with Gasteiger partial charge in [-0.15, -0.1) is 0 Å². The molecule has 1 aromatic heterocycles. The van der Waals surface area contributed by atoms with Crippen LogP contribution in [0, 0.1) is 0 Å². The average molecular weight is 287 g/mol. The van der Waals surface area contributed by atoms with E-state index in [1.165, 1.54) is 0 Å². The Labute approximate surface area is 125 Å². The highest BCUT2D eigenvalue weighted by molar-refractivity contribution is 5.89. The first kappa shape index (κ1) is 15.3. The number of hydrogen-bond acceptors (Lipinski definition) is 4. The molecular weight excluding hydrogens is 266 g/mol. The molecule has 0 amide bonds. The first-order valence-electron chi connectivity index (χ1n) is 6.99. The Bertz CT molecular complexity index is 565. The van der Waals surface area contributed by atoms with Crippen LogP contribution in [0.1, 0.15) is 42.5 Å². The van der Waals surface area contributed by atoms with E-state index < -0.39 is 5.60 Å². The first-order chi connectivity index (χ1) is 9.94. The highest BCUT2D eigenvalue weighted by Gasteiger charge is 2.17. The predicted octanol–water partition coefficient (Wildman–Crippen LogP) is 3.52. The van der Waals surface area contributed by atoms with Crippen molar-refractivity contribution in [3.63, 3.8) is 0 Å². The number of carbonyl (C=O) groups excluding carboxylic acids is 1. The van der Waals surface area contributed by atoms with Crippen molar-refractivity contribution in [1.29, 1.82) is 0 Å². The molecule has 0 atom stereocenters. The second-order valence-electron chi connectivity index (χ2n) is 5.88. The number of rotatable bonds is 5. The Balaban J connectivity index is 1.85. The van der Waals surface area contributed by atoms with Crippen LogP contribution in [-0.2, 0) is 17.8 Å². The molecule has 0 saturated carbocycles. The fourth-order valence-electron chi connectivity index (χ4n) is 1.84. The molecule has 0 aliphatic rings. The van der Waals surface area contributed by atoms with Crippen molar-refractivity contribution in [3.8, 4) is 0 Å². The SMILES string of the molecule is CC(C)(C)OC(=O)c1ccc(CNCc2ccco2)cc1. The minimum absolute atomic E-state index is 0.294. The van der Waals surface area contributed by atoms with Crippen molar-refractivity contribution < 1.29 is 13.9 Å². The van der Waals surface area contributed by atoms with E-state index in [0.717, 1.165) is 17.9 Å². The van der Waals surface area contributed by atoms with Gasteiger partial charge >= 0.3 is 5.97 Å². The molecule has 2 rings (SSSR count). The molecular formula is C17H21NO3. The van der Waals surface area contributed by atoms with Gasteiger partial charge in [0.25, 0.3) is 0 Å². The van der Waals surface area contributed by atoms with Gasteiger partial charge in [0.05, 0.1) is 18.4 Å². The molecule has 0 aliphatic heterocycles. The zero-order chi connectivity index (χ0) is 15.3. The Morgan fingerprint density at radius 2 is 1.86 bits per heavy atom. The minimum Gasteiger partial charge on any atom is -0.468 e. The van der Waals surface area contributed by atoms with Gasteiger partial charge in [0.15, 0.2) is 0 Å². The lowest BCUT2D eigenvalue weighted by Crippen LogP contribution is -2.23. The molecule has 0 unspecified atom stereocenters. The van der Waals surface area contributed by atoms with Gasteiger partial charge in [0, 0.05) is 6.54 Å². The largest absolute Gasteiger partial charge is 0.468 e. The molecule has 4 nitrogen and oxygen atoms in total. The van der Waals surface area contributed by atoms with E-state index in [1.807, 2.05) is 45.0 Å². The maximum atomic E-state index is 11.9. The van der Waals surface area contributed by atoms with Crippen LogP contribution in [0.25, 0.3) is 0 Å². The van der Waals surface area contributed by atoms with Gasteiger partial charge in [-0.1, -0.05) is 12.1 Å². The highest BCUT2D eigenvalue weighted by Crippen LogP contribution is 2.13. The van der Waals surface area contributed by atoms with Crippen LogP contribution < -0.4 is 5.32 Å². The van der Waals surface area contributed by atoms with Crippen molar-refractivity contribution in [2.75, 3.05) is 0 Å². The molecule has 2 aromatic rings. The van der Waals surface area contributed by atoms with Crippen LogP contribution in [0.4, 0.5) is 0 Å². The van der Waals surface area contributed by atoms with E-state index in [-0.39, 0.29) is 5.97 Å². The van der Waals surface area contributed by atoms with Crippen molar-refractivity contribution in [2.45, 2.75) is 39.5 Å². The summed E-state index contributed by atoms with van der Waals surface area (Å²) >= 11 is 0. The van der Waals surface area contributed by atoms with E-state index in [0.29, 0.717) is 12.1 Å². The van der Waals surface area contributed by atoms with Gasteiger partial charge < -0.3 is 14.5 Å². The summed E-state index contributed by atoms with van der Waals surface area (Å²) in [5.41, 5.74) is 1.20. The Morgan fingerprint density at radius 1 is 1.14 bits per heavy atom. The second-order valence-corrected chi connectivity index (χ2v) is 5.88. The summed E-state index contributed by atoms with van der Waals surface area (Å²) in [6.07, 6.45) is 1.66. The number of hydrogen-bond donors (Lipinski definition) is 1. The summed E-state index contributed by atoms with van der Waals surface area (Å²) in [5, 5.41) is 3.28. The lowest BCUT2D eigenvalue weighted by atomic mass is 10.1. The Kier molecular flexibility index (Phi) is 4.81. The second kappa shape index (κ2) is 6.59. The van der Waals surface area contributed by atoms with Crippen LogP contribution in [-0.4, -0.2) is 11.6 Å². The third-order valence-electron chi connectivity index (χ3n) is 2.80. The summed E-state index contributed by atoms with van der Waals surface area (Å²) in [4.78, 5) is 11.9. The molecule has 4 heteroatoms. The standard InChI is InChI=1S/C17H21NO3/c1-17(2,3)21-16(19)14-8-6-13(7-9-14)11-18-12-15-5-4-10-20-15/h4-10,18H,11-12H2,1-3H3. The molecule has 0 aliphatic carbocycles. The molecule has 21 heavy (non-hydrogen) atoms. The van der Waals surface area contributed by atoms with E-state index in [1.54, 1.807) is 18.4 Å². The van der Waals surface area contributed by atoms with E-state index >= 15 is 0 Å². The number of esters is 1. The predicted molar refractivity (Wildman–Crippen MR) is 80.9 cm³/mol. The number of nitrogens with one attached hydrogen (secondary N) is 1. The van der Waals surface area contributed by atoms with Crippen molar-refractivity contribution in [2.24, 2.45) is 0 Å². The zero-order valence-corrected chi connectivity index (χ0v) is 12.7. The smallest absolute Gasteiger partial charge is 0.338 e. The summed E-state index contributed by atoms with van der Waals surface area (Å²) in [6.45, 7) is 6.98. The number of carbonyl (C=O) groups is 1. The molecule has 0 saturated heterocycles. The van der Waals surface area contributed by atoms with Crippen molar-refractivity contribution in [1.82, 2.24) is 5.32 Å². The van der Waals surface area contributed by atoms with Gasteiger partial charge in [-0.25, -0.2) is 4.79 Å². The summed E-state index contributed by atoms with van der Waals surface area (Å²) < 4.78 is 10.6. The molecule has 1 aromatic carbocycles. The third kappa shape index (κ3) is 5.08. The van der Waals surface area contributed by atoms with Gasteiger partial charge in [-0.2, -0.15) is 0 Å². The lowest BCUT2D eigenvalue weighted by molar-refractivity contribution is 0.00695. The molecule has 0 fully saturated rings. The van der Waals surface area contributed by atoms with Gasteiger partial charge in [-0.05, 0) is 50.6 Å². The quantitative estimate of drug-likeness (QED) is 0.855. The first-order valence-corrected chi connectivity index (χ1v) is 6.99. The minimum atomic E-state index is -0.472. The molecule has 1 heterocycles. The van der Waals surface area contributed by atoms with Crippen molar-refractivity contribution in [3.05, 3.63) is 59.5 Å². The average Bonchev–Trinajstić information content (AvgIpc) is 2.91. The summed E-state index contributed by atoms with van der Waals surface area (Å²) in [5.74, 6) is 0.609.